The highest BCUT2D eigenvalue weighted by molar-refractivity contribution is 6.08. The molecule has 2 amide bonds. The molecule has 7 heteroatoms. The van der Waals surface area contributed by atoms with E-state index in [9.17, 15) is 14.9 Å². The number of carbonyl (C=O) groups is 2. The van der Waals surface area contributed by atoms with Gasteiger partial charge in [0.2, 0.25) is 5.91 Å². The summed E-state index contributed by atoms with van der Waals surface area (Å²) in [4.78, 5) is 32.0. The third kappa shape index (κ3) is 5.65. The molecule has 3 unspecified atom stereocenters. The highest BCUT2D eigenvalue weighted by atomic mass is 16.2. The van der Waals surface area contributed by atoms with E-state index in [0.29, 0.717) is 25.1 Å². The van der Waals surface area contributed by atoms with Crippen LogP contribution in [0.25, 0.3) is 0 Å². The van der Waals surface area contributed by atoms with Crippen LogP contribution in [0.1, 0.15) is 60.6 Å². The van der Waals surface area contributed by atoms with E-state index in [-0.39, 0.29) is 35.7 Å². The van der Waals surface area contributed by atoms with Crippen molar-refractivity contribution in [2.45, 2.75) is 45.2 Å². The molecule has 0 saturated heterocycles. The lowest BCUT2D eigenvalue weighted by atomic mass is 9.89. The summed E-state index contributed by atoms with van der Waals surface area (Å²) in [5, 5.41) is 16.4. The summed E-state index contributed by atoms with van der Waals surface area (Å²) in [6, 6.07) is 17.7. The second kappa shape index (κ2) is 12.0. The second-order valence-corrected chi connectivity index (χ2v) is 9.61. The van der Waals surface area contributed by atoms with Crippen LogP contribution in [0.15, 0.2) is 65.7 Å². The zero-order valence-corrected chi connectivity index (χ0v) is 21.8. The van der Waals surface area contributed by atoms with Gasteiger partial charge in [-0.25, -0.2) is 0 Å². The Bertz CT molecular complexity index is 1240. The zero-order chi connectivity index (χ0) is 26.4. The number of anilines is 1. The minimum absolute atomic E-state index is 0.00408. The van der Waals surface area contributed by atoms with Crippen LogP contribution < -0.4 is 15.5 Å². The van der Waals surface area contributed by atoms with Gasteiger partial charge in [-0.05, 0) is 48.6 Å². The molecule has 37 heavy (non-hydrogen) atoms. The van der Waals surface area contributed by atoms with Gasteiger partial charge in [0, 0.05) is 36.8 Å². The molecule has 2 aromatic carbocycles. The maximum Gasteiger partial charge on any atom is 0.258 e. The number of allylic oxidation sites excluding steroid dienone is 1. The number of nitrogens with one attached hydrogen (secondary N) is 2. The van der Waals surface area contributed by atoms with Gasteiger partial charge in [0.05, 0.1) is 30.3 Å². The lowest BCUT2D eigenvalue weighted by Gasteiger charge is -2.25. The van der Waals surface area contributed by atoms with Crippen molar-refractivity contribution in [2.24, 2.45) is 16.8 Å². The predicted molar refractivity (Wildman–Crippen MR) is 147 cm³/mol. The molecule has 0 fully saturated rings. The Hall–Kier alpha value is -3.76. The van der Waals surface area contributed by atoms with Gasteiger partial charge in [0.25, 0.3) is 5.91 Å². The van der Waals surface area contributed by atoms with E-state index in [2.05, 4.69) is 22.8 Å². The first-order valence-electron chi connectivity index (χ1n) is 13.1. The molecule has 2 aromatic rings. The first-order chi connectivity index (χ1) is 18.0. The van der Waals surface area contributed by atoms with Crippen molar-refractivity contribution < 1.29 is 9.59 Å². The largest absolute Gasteiger partial charge is 0.350 e. The first kappa shape index (κ1) is 26.3. The van der Waals surface area contributed by atoms with E-state index in [1.54, 1.807) is 4.90 Å². The van der Waals surface area contributed by atoms with Crippen molar-refractivity contribution >= 4 is 23.2 Å². The molecule has 0 radical (unpaired) electrons. The maximum atomic E-state index is 13.1. The summed E-state index contributed by atoms with van der Waals surface area (Å²) >= 11 is 0. The molecule has 0 aromatic heterocycles. The Morgan fingerprint density at radius 3 is 2.57 bits per heavy atom. The lowest BCUT2D eigenvalue weighted by molar-refractivity contribution is -0.125. The van der Waals surface area contributed by atoms with Gasteiger partial charge in [-0.2, -0.15) is 5.26 Å². The molecule has 4 rings (SSSR count). The number of rotatable bonds is 8. The van der Waals surface area contributed by atoms with Crippen molar-refractivity contribution in [3.05, 3.63) is 77.4 Å². The highest BCUT2D eigenvalue weighted by Gasteiger charge is 2.30. The number of nitrogens with zero attached hydrogens (tertiary/aromatic N) is 3. The van der Waals surface area contributed by atoms with Gasteiger partial charge in [-0.15, -0.1) is 0 Å². The van der Waals surface area contributed by atoms with Crippen LogP contribution in [-0.2, 0) is 4.79 Å². The van der Waals surface area contributed by atoms with Crippen molar-refractivity contribution in [3.63, 3.8) is 0 Å². The first-order valence-corrected chi connectivity index (χ1v) is 13.1. The van der Waals surface area contributed by atoms with E-state index in [4.69, 9.17) is 4.99 Å². The van der Waals surface area contributed by atoms with Crippen LogP contribution in [0.2, 0.25) is 0 Å². The number of hydrogen-bond acceptors (Lipinski definition) is 5. The van der Waals surface area contributed by atoms with Crippen LogP contribution >= 0.6 is 0 Å². The fourth-order valence-corrected chi connectivity index (χ4v) is 5.18. The number of nitriles is 1. The molecule has 1 heterocycles. The molecule has 1 aliphatic carbocycles. The fourth-order valence-electron chi connectivity index (χ4n) is 5.18. The van der Waals surface area contributed by atoms with Crippen LogP contribution in [0.4, 0.5) is 5.69 Å². The summed E-state index contributed by atoms with van der Waals surface area (Å²) in [5.41, 5.74) is 4.30. The molecule has 2 aliphatic rings. The van der Waals surface area contributed by atoms with Crippen LogP contribution in [0.5, 0.6) is 0 Å². The Labute approximate surface area is 219 Å². The molecule has 2 N–H and O–H groups in total. The molecule has 1 aliphatic heterocycles. The minimum atomic E-state index is -0.359. The summed E-state index contributed by atoms with van der Waals surface area (Å²) in [6.45, 7) is 5.11. The summed E-state index contributed by atoms with van der Waals surface area (Å²) in [5.74, 6) is -0.330. The molecular formula is C30H35N5O2. The Morgan fingerprint density at radius 1 is 1.14 bits per heavy atom. The van der Waals surface area contributed by atoms with Gasteiger partial charge in [0.1, 0.15) is 0 Å². The molecule has 7 nitrogen and oxygen atoms in total. The number of amides is 2. The zero-order valence-electron chi connectivity index (χ0n) is 21.8. The molecule has 0 saturated carbocycles. The SMILES string of the molecule is CCC(CC)C(=O)NC1C=CC(=NCCNC2c3ccccc3C(=O)N(C)c3ccccc32)C(C#N)C1. The van der Waals surface area contributed by atoms with Crippen LogP contribution in [0.3, 0.4) is 0 Å². The van der Waals surface area contributed by atoms with Gasteiger partial charge >= 0.3 is 0 Å². The van der Waals surface area contributed by atoms with Gasteiger partial charge in [0.15, 0.2) is 0 Å². The Morgan fingerprint density at radius 2 is 1.84 bits per heavy atom. The van der Waals surface area contributed by atoms with E-state index >= 15 is 0 Å². The summed E-state index contributed by atoms with van der Waals surface area (Å²) < 4.78 is 0. The van der Waals surface area contributed by atoms with Crippen molar-refractivity contribution in [1.82, 2.24) is 10.6 Å². The number of hydrogen-bond donors (Lipinski definition) is 2. The van der Waals surface area contributed by atoms with Gasteiger partial charge in [-0.3, -0.25) is 14.6 Å². The number of carbonyl (C=O) groups excluding carboxylic acids is 2. The van der Waals surface area contributed by atoms with Crippen LogP contribution in [0, 0.1) is 23.2 Å². The number of para-hydroxylation sites is 1. The molecule has 0 bridgehead atoms. The predicted octanol–water partition coefficient (Wildman–Crippen LogP) is 4.42. The quantitative estimate of drug-likeness (QED) is 0.528. The van der Waals surface area contributed by atoms with E-state index in [1.807, 2.05) is 75.5 Å². The highest BCUT2D eigenvalue weighted by Crippen LogP contribution is 2.36. The third-order valence-electron chi connectivity index (χ3n) is 7.36. The Balaban J connectivity index is 1.46. The van der Waals surface area contributed by atoms with E-state index in [0.717, 1.165) is 35.4 Å². The van der Waals surface area contributed by atoms with Crippen molar-refractivity contribution in [3.8, 4) is 6.07 Å². The normalized spacial score (nSPS) is 21.8. The smallest absolute Gasteiger partial charge is 0.258 e. The summed E-state index contributed by atoms with van der Waals surface area (Å²) in [7, 11) is 1.81. The van der Waals surface area contributed by atoms with Crippen molar-refractivity contribution in [2.75, 3.05) is 25.0 Å². The van der Waals surface area contributed by atoms with Crippen LogP contribution in [-0.4, -0.2) is 43.7 Å². The third-order valence-corrected chi connectivity index (χ3v) is 7.36. The summed E-state index contributed by atoms with van der Waals surface area (Å²) in [6.07, 6.45) is 5.96. The molecule has 3 atom stereocenters. The monoisotopic (exact) mass is 497 g/mol. The average Bonchev–Trinajstić information content (AvgIpc) is 3.01. The molecule has 192 valence electrons. The molecular weight excluding hydrogens is 462 g/mol. The van der Waals surface area contributed by atoms with E-state index in [1.165, 1.54) is 0 Å². The Kier molecular flexibility index (Phi) is 8.52. The average molecular weight is 498 g/mol. The fraction of sp³-hybridized carbons (Fsp3) is 0.400. The topological polar surface area (TPSA) is 97.6 Å². The van der Waals surface area contributed by atoms with E-state index < -0.39 is 0 Å². The van der Waals surface area contributed by atoms with Gasteiger partial charge in [-0.1, -0.05) is 56.3 Å². The van der Waals surface area contributed by atoms with Crippen molar-refractivity contribution in [1.29, 1.82) is 5.26 Å². The van der Waals surface area contributed by atoms with Gasteiger partial charge < -0.3 is 15.5 Å². The molecule has 0 spiro atoms. The lowest BCUT2D eigenvalue weighted by Crippen LogP contribution is -2.41. The number of benzene rings is 2. The number of fused-ring (bicyclic) bond motifs is 2. The number of aliphatic imine (C=N–C) groups is 1. The maximum absolute atomic E-state index is 13.1. The minimum Gasteiger partial charge on any atom is -0.350 e. The second-order valence-electron chi connectivity index (χ2n) is 9.61. The standard InChI is InChI=1S/C30H35N5O2/c1-4-20(5-2)29(36)34-22-14-15-26(21(18-22)19-31)32-16-17-33-28-23-10-6-7-11-24(23)30(37)35(3)27-13-9-8-12-25(27)28/h6-15,20-22,28,33H,4-5,16-18H2,1-3H3,(H,34,36).